The van der Waals surface area contributed by atoms with Crippen LogP contribution in [0.3, 0.4) is 0 Å². The number of para-hydroxylation sites is 1. The van der Waals surface area contributed by atoms with Crippen LogP contribution in [0.2, 0.25) is 0 Å². The van der Waals surface area contributed by atoms with Gasteiger partial charge >= 0.3 is 0 Å². The average Bonchev–Trinajstić information content (AvgIpc) is 2.74. The van der Waals surface area contributed by atoms with E-state index in [0.717, 1.165) is 25.7 Å². The minimum atomic E-state index is -0.396. The van der Waals surface area contributed by atoms with Crippen molar-refractivity contribution in [3.63, 3.8) is 0 Å². The molecule has 1 saturated carbocycles. The smallest absolute Gasteiger partial charge is 0.263 e. The van der Waals surface area contributed by atoms with Gasteiger partial charge in [0, 0.05) is 6.04 Å². The number of carbonyl (C=O) groups is 2. The van der Waals surface area contributed by atoms with Gasteiger partial charge in [-0.1, -0.05) is 37.5 Å². The Labute approximate surface area is 165 Å². The molecule has 3 rings (SSSR count). The van der Waals surface area contributed by atoms with Crippen LogP contribution >= 0.6 is 0 Å². The molecule has 0 heterocycles. The number of carbonyl (C=O) groups excluding carboxylic acids is 2. The summed E-state index contributed by atoms with van der Waals surface area (Å²) in [5.41, 5.74) is 1.18. The van der Waals surface area contributed by atoms with Crippen molar-refractivity contribution >= 4 is 17.5 Å². The van der Waals surface area contributed by atoms with Gasteiger partial charge in [-0.3, -0.25) is 9.59 Å². The van der Waals surface area contributed by atoms with Crippen LogP contribution < -0.4 is 20.1 Å². The molecule has 28 heavy (non-hydrogen) atoms. The van der Waals surface area contributed by atoms with Gasteiger partial charge in [-0.05, 0) is 37.1 Å². The lowest BCUT2D eigenvalue weighted by Gasteiger charge is -2.23. The molecule has 148 valence electrons. The zero-order chi connectivity index (χ0) is 19.9. The Kier molecular flexibility index (Phi) is 6.53. The number of hydrogen-bond donors (Lipinski definition) is 2. The van der Waals surface area contributed by atoms with Crippen molar-refractivity contribution in [2.45, 2.75) is 38.1 Å². The first-order valence-corrected chi connectivity index (χ1v) is 9.56. The number of anilines is 1. The number of benzene rings is 2. The summed E-state index contributed by atoms with van der Waals surface area (Å²) in [6.45, 7) is 0. The summed E-state index contributed by atoms with van der Waals surface area (Å²) in [6, 6.07) is 12.3. The van der Waals surface area contributed by atoms with Crippen molar-refractivity contribution < 1.29 is 19.1 Å². The van der Waals surface area contributed by atoms with Crippen LogP contribution in [0.25, 0.3) is 0 Å². The Balaban J connectivity index is 1.82. The Bertz CT molecular complexity index is 822. The van der Waals surface area contributed by atoms with Crippen LogP contribution in [0.4, 0.5) is 5.69 Å². The van der Waals surface area contributed by atoms with E-state index in [1.807, 2.05) is 0 Å². The van der Waals surface area contributed by atoms with Crippen LogP contribution in [0.1, 0.15) is 52.8 Å². The number of nitrogens with one attached hydrogen (secondary N) is 2. The summed E-state index contributed by atoms with van der Waals surface area (Å²) in [5, 5.41) is 5.93. The lowest BCUT2D eigenvalue weighted by atomic mass is 9.95. The molecular formula is C22H26N2O4. The van der Waals surface area contributed by atoms with E-state index >= 15 is 0 Å². The molecule has 1 fully saturated rings. The SMILES string of the molecule is COc1cccc(OC)c1C(=O)Nc1ccccc1C(=O)NC1CCCCC1. The van der Waals surface area contributed by atoms with Crippen LogP contribution in [0.5, 0.6) is 11.5 Å². The summed E-state index contributed by atoms with van der Waals surface area (Å²) < 4.78 is 10.6. The molecule has 1 aliphatic carbocycles. The van der Waals surface area contributed by atoms with Crippen molar-refractivity contribution in [2.75, 3.05) is 19.5 Å². The summed E-state index contributed by atoms with van der Waals surface area (Å²) in [5.74, 6) is 0.240. The zero-order valence-corrected chi connectivity index (χ0v) is 16.3. The lowest BCUT2D eigenvalue weighted by molar-refractivity contribution is 0.0928. The van der Waals surface area contributed by atoms with E-state index in [1.165, 1.54) is 20.6 Å². The average molecular weight is 382 g/mol. The molecule has 2 aromatic carbocycles. The molecular weight excluding hydrogens is 356 g/mol. The van der Waals surface area contributed by atoms with Crippen molar-refractivity contribution in [1.82, 2.24) is 5.32 Å². The normalized spacial score (nSPS) is 14.2. The third-order valence-corrected chi connectivity index (χ3v) is 5.02. The number of hydrogen-bond acceptors (Lipinski definition) is 4. The van der Waals surface area contributed by atoms with Crippen molar-refractivity contribution in [1.29, 1.82) is 0 Å². The molecule has 6 nitrogen and oxygen atoms in total. The molecule has 0 saturated heterocycles. The van der Waals surface area contributed by atoms with Crippen LogP contribution in [-0.4, -0.2) is 32.1 Å². The molecule has 2 N–H and O–H groups in total. The van der Waals surface area contributed by atoms with Gasteiger partial charge in [-0.15, -0.1) is 0 Å². The van der Waals surface area contributed by atoms with Crippen LogP contribution in [-0.2, 0) is 0 Å². The first kappa shape index (κ1) is 19.7. The first-order valence-electron chi connectivity index (χ1n) is 9.56. The molecule has 0 bridgehead atoms. The second-order valence-corrected chi connectivity index (χ2v) is 6.85. The van der Waals surface area contributed by atoms with Crippen molar-refractivity contribution in [3.05, 3.63) is 53.6 Å². The third kappa shape index (κ3) is 4.44. The second kappa shape index (κ2) is 9.26. The van der Waals surface area contributed by atoms with Gasteiger partial charge in [0.05, 0.1) is 25.5 Å². The molecule has 0 radical (unpaired) electrons. The fourth-order valence-corrected chi connectivity index (χ4v) is 3.56. The summed E-state index contributed by atoms with van der Waals surface area (Å²) in [7, 11) is 2.99. The van der Waals surface area contributed by atoms with E-state index in [1.54, 1.807) is 42.5 Å². The molecule has 0 atom stereocenters. The van der Waals surface area contributed by atoms with E-state index in [-0.39, 0.29) is 17.5 Å². The van der Waals surface area contributed by atoms with Gasteiger partial charge in [-0.25, -0.2) is 0 Å². The first-order chi connectivity index (χ1) is 13.6. The number of ether oxygens (including phenoxy) is 2. The molecule has 0 unspecified atom stereocenters. The van der Waals surface area contributed by atoms with E-state index in [4.69, 9.17) is 9.47 Å². The highest BCUT2D eigenvalue weighted by molar-refractivity contribution is 6.11. The monoisotopic (exact) mass is 382 g/mol. The van der Waals surface area contributed by atoms with E-state index in [9.17, 15) is 9.59 Å². The van der Waals surface area contributed by atoms with Gasteiger partial charge in [0.15, 0.2) is 0 Å². The van der Waals surface area contributed by atoms with Gasteiger partial charge in [0.1, 0.15) is 17.1 Å². The van der Waals surface area contributed by atoms with E-state index < -0.39 is 5.91 Å². The van der Waals surface area contributed by atoms with Gasteiger partial charge in [0.25, 0.3) is 11.8 Å². The molecule has 6 heteroatoms. The Hall–Kier alpha value is -3.02. The molecule has 1 aliphatic rings. The number of amides is 2. The minimum absolute atomic E-state index is 0.171. The highest BCUT2D eigenvalue weighted by Crippen LogP contribution is 2.29. The fourth-order valence-electron chi connectivity index (χ4n) is 3.56. The summed E-state index contributed by atoms with van der Waals surface area (Å²) in [4.78, 5) is 25.7. The Morgan fingerprint density at radius 1 is 0.857 bits per heavy atom. The van der Waals surface area contributed by atoms with Gasteiger partial charge < -0.3 is 20.1 Å². The molecule has 2 aromatic rings. The van der Waals surface area contributed by atoms with Crippen molar-refractivity contribution in [2.24, 2.45) is 0 Å². The zero-order valence-electron chi connectivity index (χ0n) is 16.3. The van der Waals surface area contributed by atoms with Gasteiger partial charge in [-0.2, -0.15) is 0 Å². The molecule has 0 aromatic heterocycles. The topological polar surface area (TPSA) is 76.7 Å². The predicted molar refractivity (Wildman–Crippen MR) is 108 cm³/mol. The highest BCUT2D eigenvalue weighted by atomic mass is 16.5. The number of methoxy groups -OCH3 is 2. The Morgan fingerprint density at radius 3 is 2.14 bits per heavy atom. The second-order valence-electron chi connectivity index (χ2n) is 6.85. The largest absolute Gasteiger partial charge is 0.496 e. The lowest BCUT2D eigenvalue weighted by Crippen LogP contribution is -2.36. The van der Waals surface area contributed by atoms with E-state index in [0.29, 0.717) is 22.7 Å². The fraction of sp³-hybridized carbons (Fsp3) is 0.364. The van der Waals surface area contributed by atoms with Gasteiger partial charge in [0.2, 0.25) is 0 Å². The summed E-state index contributed by atoms with van der Waals surface area (Å²) in [6.07, 6.45) is 5.49. The van der Waals surface area contributed by atoms with Crippen LogP contribution in [0, 0.1) is 0 Å². The highest BCUT2D eigenvalue weighted by Gasteiger charge is 2.22. The van der Waals surface area contributed by atoms with Crippen molar-refractivity contribution in [3.8, 4) is 11.5 Å². The standard InChI is InChI=1S/C22H26N2O4/c1-27-18-13-8-14-19(28-2)20(18)22(26)24-17-12-7-6-11-16(17)21(25)23-15-9-4-3-5-10-15/h6-8,11-15H,3-5,9-10H2,1-2H3,(H,23,25)(H,24,26). The number of rotatable bonds is 6. The third-order valence-electron chi connectivity index (χ3n) is 5.02. The predicted octanol–water partition coefficient (Wildman–Crippen LogP) is 4.02. The van der Waals surface area contributed by atoms with Crippen LogP contribution in [0.15, 0.2) is 42.5 Å². The summed E-state index contributed by atoms with van der Waals surface area (Å²) >= 11 is 0. The molecule has 0 aliphatic heterocycles. The quantitative estimate of drug-likeness (QED) is 0.791. The maximum Gasteiger partial charge on any atom is 0.263 e. The minimum Gasteiger partial charge on any atom is -0.496 e. The van der Waals surface area contributed by atoms with E-state index in [2.05, 4.69) is 10.6 Å². The molecule has 0 spiro atoms. The maximum atomic E-state index is 12.9. The molecule has 2 amide bonds. The maximum absolute atomic E-state index is 12.9. The Morgan fingerprint density at radius 2 is 1.50 bits per heavy atom.